The molecule has 0 amide bonds. The topological polar surface area (TPSA) is 49.2 Å². The Labute approximate surface area is 167 Å². The monoisotopic (exact) mass is 381 g/mol. The van der Waals surface area contributed by atoms with Gasteiger partial charge in [-0.15, -0.1) is 0 Å². The Morgan fingerprint density at radius 1 is 1.14 bits per heavy atom. The summed E-state index contributed by atoms with van der Waals surface area (Å²) in [4.78, 5) is 9.91. The van der Waals surface area contributed by atoms with E-state index >= 15 is 0 Å². The number of hydrogen-bond acceptors (Lipinski definition) is 4. The van der Waals surface area contributed by atoms with Crippen molar-refractivity contribution in [1.29, 1.82) is 0 Å². The van der Waals surface area contributed by atoms with Gasteiger partial charge in [0.25, 0.3) is 0 Å². The lowest BCUT2D eigenvalue weighted by molar-refractivity contribution is -0.0414. The predicted molar refractivity (Wildman–Crippen MR) is 114 cm³/mol. The van der Waals surface area contributed by atoms with Gasteiger partial charge in [-0.1, -0.05) is 20.8 Å². The van der Waals surface area contributed by atoms with Gasteiger partial charge in [0.1, 0.15) is 17.2 Å². The van der Waals surface area contributed by atoms with E-state index in [-0.39, 0.29) is 0 Å². The Kier molecular flexibility index (Phi) is 5.48. The van der Waals surface area contributed by atoms with Crippen LogP contribution in [-0.4, -0.2) is 28.8 Å². The summed E-state index contributed by atoms with van der Waals surface area (Å²) in [5.74, 6) is 1.14. The summed E-state index contributed by atoms with van der Waals surface area (Å²) in [5, 5.41) is 0. The lowest BCUT2D eigenvalue weighted by Crippen LogP contribution is -2.27. The number of hydrogen-bond donors (Lipinski definition) is 0. The highest BCUT2D eigenvalue weighted by molar-refractivity contribution is 5.86. The van der Waals surface area contributed by atoms with Gasteiger partial charge in [0.05, 0.1) is 18.1 Å². The minimum Gasteiger partial charge on any atom is -0.494 e. The number of pyridine rings is 2. The maximum atomic E-state index is 5.75. The van der Waals surface area contributed by atoms with Crippen LogP contribution < -0.4 is 4.74 Å². The third kappa shape index (κ3) is 3.39. The van der Waals surface area contributed by atoms with Crippen molar-refractivity contribution in [3.05, 3.63) is 41.3 Å². The molecular formula is C23H31N3O2. The van der Waals surface area contributed by atoms with Gasteiger partial charge >= 0.3 is 0 Å². The molecule has 3 heterocycles. The number of methoxy groups -OCH3 is 2. The van der Waals surface area contributed by atoms with Gasteiger partial charge < -0.3 is 14.0 Å². The maximum Gasteiger partial charge on any atom is 0.147 e. The zero-order valence-corrected chi connectivity index (χ0v) is 18.3. The number of fused-ring (bicyclic) bond motifs is 1. The van der Waals surface area contributed by atoms with E-state index in [9.17, 15) is 0 Å². The van der Waals surface area contributed by atoms with E-state index in [1.54, 1.807) is 14.2 Å². The minimum atomic E-state index is -0.476. The molecule has 0 unspecified atom stereocenters. The minimum absolute atomic E-state index is 0.393. The van der Waals surface area contributed by atoms with Gasteiger partial charge in [-0.3, -0.25) is 4.98 Å². The zero-order valence-electron chi connectivity index (χ0n) is 18.3. The molecule has 0 spiro atoms. The molecule has 5 heteroatoms. The van der Waals surface area contributed by atoms with Gasteiger partial charge in [0.2, 0.25) is 0 Å². The third-order valence-electron chi connectivity index (χ3n) is 5.40. The van der Waals surface area contributed by atoms with Crippen LogP contribution in [0.2, 0.25) is 0 Å². The Morgan fingerprint density at radius 2 is 1.86 bits per heavy atom. The molecule has 5 nitrogen and oxygen atoms in total. The normalized spacial score (nSPS) is 12.2. The van der Waals surface area contributed by atoms with Crippen molar-refractivity contribution in [2.24, 2.45) is 0 Å². The van der Waals surface area contributed by atoms with Crippen LogP contribution in [0.1, 0.15) is 57.5 Å². The number of ether oxygens (including phenoxy) is 2. The molecule has 0 radical (unpaired) electrons. The molecule has 0 N–H and O–H groups in total. The second-order valence-corrected chi connectivity index (χ2v) is 7.98. The number of aryl methyl sites for hydroxylation is 2. The maximum absolute atomic E-state index is 5.75. The highest BCUT2D eigenvalue weighted by Crippen LogP contribution is 2.36. The van der Waals surface area contributed by atoms with E-state index in [0.29, 0.717) is 5.92 Å². The lowest BCUT2D eigenvalue weighted by atomic mass is 10.0. The van der Waals surface area contributed by atoms with Gasteiger partial charge in [-0.25, -0.2) is 4.98 Å². The molecule has 0 aromatic carbocycles. The molecule has 3 rings (SSSR count). The SMILES string of the molecule is CCc1nc(C(C)C)ccc1-c1nc2c(C)cn(C(C)(C)OC)c2cc1OC. The fraction of sp³-hybridized carbons (Fsp3) is 0.478. The zero-order chi connectivity index (χ0) is 20.6. The van der Waals surface area contributed by atoms with Crippen molar-refractivity contribution >= 4 is 11.0 Å². The lowest BCUT2D eigenvalue weighted by Gasteiger charge is -2.26. The number of rotatable bonds is 6. The largest absolute Gasteiger partial charge is 0.494 e. The predicted octanol–water partition coefficient (Wildman–Crippen LogP) is 5.44. The fourth-order valence-electron chi connectivity index (χ4n) is 3.50. The summed E-state index contributed by atoms with van der Waals surface area (Å²) in [6, 6.07) is 6.28. The second kappa shape index (κ2) is 7.55. The van der Waals surface area contributed by atoms with Crippen molar-refractivity contribution in [3.63, 3.8) is 0 Å². The molecule has 0 bridgehead atoms. The van der Waals surface area contributed by atoms with Crippen molar-refractivity contribution in [2.45, 2.75) is 59.6 Å². The Bertz CT molecular complexity index is 1000. The molecule has 150 valence electrons. The summed E-state index contributed by atoms with van der Waals surface area (Å²) < 4.78 is 13.6. The summed E-state index contributed by atoms with van der Waals surface area (Å²) in [7, 11) is 3.41. The van der Waals surface area contributed by atoms with Crippen LogP contribution in [0.3, 0.4) is 0 Å². The molecule has 3 aromatic heterocycles. The van der Waals surface area contributed by atoms with Crippen LogP contribution in [0.15, 0.2) is 24.4 Å². The molecule has 0 saturated heterocycles. The standard InChI is InChI=1S/C23H31N3O2/c1-9-17-16(10-11-18(24-17)14(2)3)22-20(27-7)12-19-21(25-22)15(4)13-26(19)23(5,6)28-8/h10-14H,9H2,1-8H3. The fourth-order valence-corrected chi connectivity index (χ4v) is 3.50. The smallest absolute Gasteiger partial charge is 0.147 e. The highest BCUT2D eigenvalue weighted by atomic mass is 16.5. The molecule has 0 aliphatic heterocycles. The van der Waals surface area contributed by atoms with Gasteiger partial charge in [0, 0.05) is 36.3 Å². The molecule has 0 atom stereocenters. The van der Waals surface area contributed by atoms with E-state index in [1.165, 1.54) is 0 Å². The molecule has 0 aliphatic carbocycles. The summed E-state index contributed by atoms with van der Waals surface area (Å²) in [6.45, 7) is 12.6. The molecule has 0 aliphatic rings. The first-order valence-corrected chi connectivity index (χ1v) is 9.86. The summed E-state index contributed by atoms with van der Waals surface area (Å²) >= 11 is 0. The van der Waals surface area contributed by atoms with Gasteiger partial charge in [-0.2, -0.15) is 0 Å². The Hall–Kier alpha value is -2.40. The van der Waals surface area contributed by atoms with Crippen LogP contribution in [0.4, 0.5) is 0 Å². The first kappa shape index (κ1) is 20.3. The van der Waals surface area contributed by atoms with E-state index in [4.69, 9.17) is 19.4 Å². The average Bonchev–Trinajstić information content (AvgIpc) is 3.02. The average molecular weight is 382 g/mol. The van der Waals surface area contributed by atoms with Gasteiger partial charge in [-0.05, 0) is 50.8 Å². The molecule has 3 aromatic rings. The van der Waals surface area contributed by atoms with Crippen LogP contribution >= 0.6 is 0 Å². The Balaban J connectivity index is 2.27. The van der Waals surface area contributed by atoms with E-state index in [0.717, 1.165) is 51.4 Å². The quantitative estimate of drug-likeness (QED) is 0.570. The highest BCUT2D eigenvalue weighted by Gasteiger charge is 2.24. The van der Waals surface area contributed by atoms with Crippen molar-refractivity contribution in [2.75, 3.05) is 14.2 Å². The third-order valence-corrected chi connectivity index (χ3v) is 5.40. The number of nitrogens with zero attached hydrogens (tertiary/aromatic N) is 3. The van der Waals surface area contributed by atoms with E-state index in [1.807, 2.05) is 13.8 Å². The van der Waals surface area contributed by atoms with E-state index in [2.05, 4.69) is 56.7 Å². The van der Waals surface area contributed by atoms with Crippen molar-refractivity contribution in [3.8, 4) is 17.0 Å². The summed E-state index contributed by atoms with van der Waals surface area (Å²) in [5.41, 5.74) is 6.60. The van der Waals surface area contributed by atoms with Gasteiger partial charge in [0.15, 0.2) is 0 Å². The van der Waals surface area contributed by atoms with Crippen molar-refractivity contribution in [1.82, 2.24) is 14.5 Å². The first-order valence-electron chi connectivity index (χ1n) is 9.86. The molecular weight excluding hydrogens is 350 g/mol. The second-order valence-electron chi connectivity index (χ2n) is 7.98. The van der Waals surface area contributed by atoms with E-state index < -0.39 is 5.72 Å². The first-order chi connectivity index (χ1) is 13.2. The van der Waals surface area contributed by atoms with Crippen molar-refractivity contribution < 1.29 is 9.47 Å². The Morgan fingerprint density at radius 3 is 2.43 bits per heavy atom. The number of aromatic nitrogens is 3. The van der Waals surface area contributed by atoms with Crippen LogP contribution in [0.25, 0.3) is 22.3 Å². The van der Waals surface area contributed by atoms with Crippen LogP contribution in [0.5, 0.6) is 5.75 Å². The molecule has 0 fully saturated rings. The summed E-state index contributed by atoms with van der Waals surface area (Å²) in [6.07, 6.45) is 2.93. The van der Waals surface area contributed by atoms with Crippen LogP contribution in [0, 0.1) is 6.92 Å². The molecule has 0 saturated carbocycles. The molecule has 28 heavy (non-hydrogen) atoms. The van der Waals surface area contributed by atoms with Crippen LogP contribution in [-0.2, 0) is 16.9 Å².